The number of hydrogen-bond donors (Lipinski definition) is 4. The van der Waals surface area contributed by atoms with E-state index in [0.29, 0.717) is 0 Å². The summed E-state index contributed by atoms with van der Waals surface area (Å²) in [5, 5.41) is 6.50. The van der Waals surface area contributed by atoms with Crippen molar-refractivity contribution >= 4 is 23.4 Å². The fraction of sp³-hybridized carbons (Fsp3) is 0.625. The number of rotatable bonds is 3. The summed E-state index contributed by atoms with van der Waals surface area (Å²) in [6, 6.07) is 7.92. The maximum atomic E-state index is 6.50. The Hall–Kier alpha value is -0.380. The molecule has 0 aliphatic carbocycles. The van der Waals surface area contributed by atoms with Crippen LogP contribution in [0.1, 0.15) is 24.9 Å². The summed E-state index contributed by atoms with van der Waals surface area (Å²) in [6.45, 7) is 5.10. The van der Waals surface area contributed by atoms with Crippen molar-refractivity contribution in [3.8, 4) is 0 Å². The number of hydrogen-bond acceptors (Lipinski definition) is 7. The zero-order valence-corrected chi connectivity index (χ0v) is 15.4. The first-order valence-corrected chi connectivity index (χ1v) is 9.73. The van der Waals surface area contributed by atoms with Gasteiger partial charge in [0.15, 0.2) is 0 Å². The van der Waals surface area contributed by atoms with Crippen LogP contribution < -0.4 is 22.2 Å². The van der Waals surface area contributed by atoms with E-state index < -0.39 is 0 Å². The van der Waals surface area contributed by atoms with Crippen LogP contribution in [0.2, 0.25) is 5.02 Å². The molecule has 0 aromatic heterocycles. The Morgan fingerprint density at radius 1 is 1.38 bits per heavy atom. The summed E-state index contributed by atoms with van der Waals surface area (Å²) < 4.78 is 0. The minimum Gasteiger partial charge on any atom is -0.330 e. The van der Waals surface area contributed by atoms with Crippen molar-refractivity contribution in [2.75, 3.05) is 19.6 Å². The van der Waals surface area contributed by atoms with Gasteiger partial charge in [-0.05, 0) is 30.0 Å². The Bertz CT molecular complexity index is 618. The average molecular weight is 369 g/mol. The largest absolute Gasteiger partial charge is 0.330 e. The average Bonchev–Trinajstić information content (AvgIpc) is 3.24. The van der Waals surface area contributed by atoms with E-state index in [1.807, 2.05) is 36.0 Å². The maximum absolute atomic E-state index is 6.50. The fourth-order valence-electron chi connectivity index (χ4n) is 3.79. The number of nitrogens with zero attached hydrogens (tertiary/aromatic N) is 2. The van der Waals surface area contributed by atoms with Crippen molar-refractivity contribution < 1.29 is 0 Å². The summed E-state index contributed by atoms with van der Waals surface area (Å²) >= 11 is 8.21. The minimum absolute atomic E-state index is 0.0255. The number of thioether (sulfide) groups is 1. The monoisotopic (exact) mass is 368 g/mol. The second-order valence-corrected chi connectivity index (χ2v) is 8.84. The SMILES string of the molecule is CC1(CN)CCN(C2NN3C(NC(c4ccccc4Cl)C3N)S2)C1. The van der Waals surface area contributed by atoms with Crippen LogP contribution in [-0.2, 0) is 0 Å². The van der Waals surface area contributed by atoms with Gasteiger partial charge in [-0.15, -0.1) is 0 Å². The first kappa shape index (κ1) is 17.1. The molecule has 4 rings (SSSR count). The molecule has 0 radical (unpaired) electrons. The molecule has 3 saturated heterocycles. The van der Waals surface area contributed by atoms with E-state index in [2.05, 4.69) is 27.6 Å². The number of nitrogens with two attached hydrogens (primary N) is 2. The van der Waals surface area contributed by atoms with Crippen molar-refractivity contribution in [2.45, 2.75) is 36.5 Å². The molecular weight excluding hydrogens is 344 g/mol. The predicted molar refractivity (Wildman–Crippen MR) is 98.8 cm³/mol. The normalized spacial score (nSPS) is 40.3. The molecule has 3 heterocycles. The minimum atomic E-state index is -0.157. The second kappa shape index (κ2) is 6.41. The van der Waals surface area contributed by atoms with Crippen molar-refractivity contribution in [2.24, 2.45) is 16.9 Å². The molecule has 0 amide bonds. The lowest BCUT2D eigenvalue weighted by molar-refractivity contribution is 0.114. The third kappa shape index (κ3) is 2.87. The topological polar surface area (TPSA) is 82.6 Å². The highest BCUT2D eigenvalue weighted by Crippen LogP contribution is 2.41. The maximum Gasteiger partial charge on any atom is 0.126 e. The zero-order valence-electron chi connectivity index (χ0n) is 13.8. The van der Waals surface area contributed by atoms with Crippen LogP contribution in [0.4, 0.5) is 0 Å². The van der Waals surface area contributed by atoms with Crippen LogP contribution in [0.25, 0.3) is 0 Å². The number of hydrazine groups is 1. The van der Waals surface area contributed by atoms with Gasteiger partial charge in [-0.1, -0.05) is 48.5 Å². The van der Waals surface area contributed by atoms with Crippen molar-refractivity contribution in [1.82, 2.24) is 20.7 Å². The highest BCUT2D eigenvalue weighted by atomic mass is 35.5. The second-order valence-electron chi connectivity index (χ2n) is 7.27. The molecular formula is C16H25ClN6S. The van der Waals surface area contributed by atoms with Crippen LogP contribution in [0.15, 0.2) is 24.3 Å². The standard InChI is InChI=1S/C16H25ClN6S/c1-16(8-18)6-7-22(9-16)15-21-23-13(19)12(20-14(23)24-15)10-4-2-3-5-11(10)17/h2-5,12-15,20-21H,6-9,18-19H2,1H3. The molecule has 5 atom stereocenters. The zero-order chi connectivity index (χ0) is 16.9. The first-order valence-electron chi connectivity index (χ1n) is 8.41. The van der Waals surface area contributed by atoms with Gasteiger partial charge in [0.2, 0.25) is 0 Å². The van der Waals surface area contributed by atoms with E-state index in [1.54, 1.807) is 0 Å². The molecule has 3 aliphatic heterocycles. The molecule has 0 spiro atoms. The van der Waals surface area contributed by atoms with E-state index >= 15 is 0 Å². The molecule has 3 aliphatic rings. The van der Waals surface area contributed by atoms with Crippen molar-refractivity contribution in [3.63, 3.8) is 0 Å². The molecule has 1 aromatic carbocycles. The van der Waals surface area contributed by atoms with Gasteiger partial charge in [0, 0.05) is 18.1 Å². The third-order valence-electron chi connectivity index (χ3n) is 5.41. The molecule has 24 heavy (non-hydrogen) atoms. The molecule has 132 valence electrons. The smallest absolute Gasteiger partial charge is 0.126 e. The molecule has 6 N–H and O–H groups in total. The van der Waals surface area contributed by atoms with Crippen LogP contribution in [0.3, 0.4) is 0 Å². The number of benzene rings is 1. The summed E-state index contributed by atoms with van der Waals surface area (Å²) in [4.78, 5) is 2.47. The number of nitrogens with one attached hydrogen (secondary N) is 2. The van der Waals surface area contributed by atoms with Gasteiger partial charge in [-0.25, -0.2) is 5.43 Å². The van der Waals surface area contributed by atoms with Crippen LogP contribution in [-0.4, -0.2) is 46.7 Å². The van der Waals surface area contributed by atoms with E-state index in [0.717, 1.165) is 36.6 Å². The van der Waals surface area contributed by atoms with Crippen LogP contribution in [0.5, 0.6) is 0 Å². The Labute approximate surface area is 152 Å². The van der Waals surface area contributed by atoms with Gasteiger partial charge in [0.1, 0.15) is 11.0 Å². The molecule has 0 saturated carbocycles. The van der Waals surface area contributed by atoms with E-state index in [4.69, 9.17) is 23.1 Å². The Kier molecular flexibility index (Phi) is 4.55. The number of likely N-dealkylation sites (tertiary alicyclic amines) is 1. The Morgan fingerprint density at radius 3 is 2.83 bits per heavy atom. The molecule has 0 bridgehead atoms. The summed E-state index contributed by atoms with van der Waals surface area (Å²) in [6.07, 6.45) is 0.991. The van der Waals surface area contributed by atoms with Crippen molar-refractivity contribution in [1.29, 1.82) is 0 Å². The van der Waals surface area contributed by atoms with Gasteiger partial charge < -0.3 is 11.5 Å². The molecule has 8 heteroatoms. The highest BCUT2D eigenvalue weighted by Gasteiger charge is 2.49. The van der Waals surface area contributed by atoms with Gasteiger partial charge in [0.05, 0.1) is 12.2 Å². The highest BCUT2D eigenvalue weighted by molar-refractivity contribution is 8.00. The van der Waals surface area contributed by atoms with E-state index in [1.165, 1.54) is 0 Å². The summed E-state index contributed by atoms with van der Waals surface area (Å²) in [7, 11) is 0. The number of halogens is 1. The van der Waals surface area contributed by atoms with E-state index in [-0.39, 0.29) is 28.6 Å². The molecule has 1 aromatic rings. The third-order valence-corrected chi connectivity index (χ3v) is 7.03. The van der Waals surface area contributed by atoms with E-state index in [9.17, 15) is 0 Å². The molecule has 6 nitrogen and oxygen atoms in total. The van der Waals surface area contributed by atoms with Gasteiger partial charge in [0.25, 0.3) is 0 Å². The summed E-state index contributed by atoms with van der Waals surface area (Å²) in [5.74, 6) is 0. The van der Waals surface area contributed by atoms with Gasteiger partial charge in [-0.3, -0.25) is 10.2 Å². The molecule has 3 fully saturated rings. The van der Waals surface area contributed by atoms with Gasteiger partial charge in [-0.2, -0.15) is 5.01 Å². The van der Waals surface area contributed by atoms with Crippen LogP contribution >= 0.6 is 23.4 Å². The lowest BCUT2D eigenvalue weighted by Gasteiger charge is -2.29. The lowest BCUT2D eigenvalue weighted by Crippen LogP contribution is -2.52. The quantitative estimate of drug-likeness (QED) is 0.635. The first-order chi connectivity index (χ1) is 11.5. The molecule has 5 unspecified atom stereocenters. The number of fused-ring (bicyclic) bond motifs is 1. The van der Waals surface area contributed by atoms with Crippen LogP contribution in [0, 0.1) is 5.41 Å². The predicted octanol–water partition coefficient (Wildman–Crippen LogP) is 1.06. The Balaban J connectivity index is 1.44. The van der Waals surface area contributed by atoms with Crippen molar-refractivity contribution in [3.05, 3.63) is 34.9 Å². The summed E-state index contributed by atoms with van der Waals surface area (Å²) in [5.41, 5.74) is 17.7. The lowest BCUT2D eigenvalue weighted by atomic mass is 9.90. The fourth-order valence-corrected chi connectivity index (χ4v) is 5.38. The van der Waals surface area contributed by atoms with Gasteiger partial charge >= 0.3 is 0 Å². The Morgan fingerprint density at radius 2 is 2.17 bits per heavy atom.